The average Bonchev–Trinajstić information content (AvgIpc) is 3.55. The van der Waals surface area contributed by atoms with Crippen LogP contribution in [0.2, 0.25) is 0 Å². The summed E-state index contributed by atoms with van der Waals surface area (Å²) in [4.78, 5) is 15.6. The molecule has 0 saturated carbocycles. The first-order chi connectivity index (χ1) is 18.8. The molecule has 0 saturated heterocycles. The second-order valence-corrected chi connectivity index (χ2v) is 11.3. The van der Waals surface area contributed by atoms with Gasteiger partial charge in [-0.1, -0.05) is 42.5 Å². The van der Waals surface area contributed by atoms with Gasteiger partial charge in [-0.3, -0.25) is 9.80 Å². The van der Waals surface area contributed by atoms with Gasteiger partial charge in [0.05, 0.1) is 22.0 Å². The van der Waals surface area contributed by atoms with Crippen molar-refractivity contribution in [1.82, 2.24) is 20.5 Å². The van der Waals surface area contributed by atoms with Crippen molar-refractivity contribution in [3.05, 3.63) is 102 Å². The predicted octanol–water partition coefficient (Wildman–Crippen LogP) is 5.30. The number of rotatable bonds is 6. The molecular weight excluding hydrogens is 543 g/mol. The molecule has 12 heteroatoms. The summed E-state index contributed by atoms with van der Waals surface area (Å²) in [6, 6.07) is 18.5. The van der Waals surface area contributed by atoms with Gasteiger partial charge in [0, 0.05) is 29.8 Å². The first kappa shape index (κ1) is 27.2. The van der Waals surface area contributed by atoms with E-state index in [0.29, 0.717) is 33.8 Å². The minimum Gasteiger partial charge on any atom is -0.309 e. The number of alkyl halides is 3. The fourth-order valence-electron chi connectivity index (χ4n) is 4.41. The van der Waals surface area contributed by atoms with E-state index in [2.05, 4.69) is 15.9 Å². The van der Waals surface area contributed by atoms with Gasteiger partial charge in [-0.2, -0.15) is 13.2 Å². The number of aryl methyl sites for hydroxylation is 1. The number of benzene rings is 3. The predicted molar refractivity (Wildman–Crippen MR) is 145 cm³/mol. The highest BCUT2D eigenvalue weighted by atomic mass is 32.2. The van der Waals surface area contributed by atoms with E-state index < -0.39 is 21.7 Å². The first-order valence-corrected chi connectivity index (χ1v) is 13.9. The van der Waals surface area contributed by atoms with Gasteiger partial charge < -0.3 is 9.99 Å². The Morgan fingerprint density at radius 1 is 0.925 bits per heavy atom. The van der Waals surface area contributed by atoms with Crippen LogP contribution in [0.3, 0.4) is 0 Å². The van der Waals surface area contributed by atoms with Gasteiger partial charge in [-0.15, -0.1) is 5.53 Å². The number of nitrogens with zero attached hydrogens (tertiary/aromatic N) is 3. The molecule has 0 amide bonds. The number of hydrogen-bond donors (Lipinski definition) is 2. The molecule has 0 bridgehead atoms. The molecular formula is C28H24F3N5O3S. The Morgan fingerprint density at radius 3 is 2.23 bits per heavy atom. The van der Waals surface area contributed by atoms with E-state index in [1.807, 2.05) is 0 Å². The molecule has 0 atom stereocenters. The zero-order valence-electron chi connectivity index (χ0n) is 21.6. The summed E-state index contributed by atoms with van der Waals surface area (Å²) in [5, 5.41) is 1.66. The van der Waals surface area contributed by atoms with Crippen LogP contribution in [0.15, 0.2) is 84.0 Å². The van der Waals surface area contributed by atoms with Gasteiger partial charge in [-0.25, -0.2) is 13.4 Å². The Labute approximate surface area is 228 Å². The number of hydrazine groups is 2. The van der Waals surface area contributed by atoms with Crippen LogP contribution >= 0.6 is 0 Å². The highest BCUT2D eigenvalue weighted by Gasteiger charge is 2.35. The molecule has 5 rings (SSSR count). The van der Waals surface area contributed by atoms with E-state index in [9.17, 15) is 26.4 Å². The third-order valence-electron chi connectivity index (χ3n) is 6.46. The molecule has 2 N–H and O–H groups in total. The number of carbonyl (C=O) groups excluding carboxylic acids is 1. The topological polar surface area (TPSA) is 96.3 Å². The Hall–Kier alpha value is -4.42. The Balaban J connectivity index is 1.67. The van der Waals surface area contributed by atoms with Gasteiger partial charge in [0.2, 0.25) is 0 Å². The maximum absolute atomic E-state index is 13.5. The monoisotopic (exact) mass is 567 g/mol. The lowest BCUT2D eigenvalue weighted by Crippen LogP contribution is -2.37. The number of ketones is 1. The number of carbonyl (C=O) groups is 1. The normalized spacial score (nSPS) is 13.8. The zero-order chi connectivity index (χ0) is 28.8. The van der Waals surface area contributed by atoms with Gasteiger partial charge in [0.15, 0.2) is 21.3 Å². The Bertz CT molecular complexity index is 1760. The van der Waals surface area contributed by atoms with E-state index in [4.69, 9.17) is 0 Å². The molecule has 1 aliphatic rings. The van der Waals surface area contributed by atoms with Gasteiger partial charge >= 0.3 is 6.18 Å². The van der Waals surface area contributed by atoms with Crippen molar-refractivity contribution in [1.29, 1.82) is 0 Å². The molecule has 8 nitrogen and oxygen atoms in total. The van der Waals surface area contributed by atoms with Crippen molar-refractivity contribution in [3.8, 4) is 16.8 Å². The van der Waals surface area contributed by atoms with Crippen molar-refractivity contribution in [2.75, 3.05) is 11.3 Å². The van der Waals surface area contributed by atoms with Crippen molar-refractivity contribution in [2.24, 2.45) is 0 Å². The molecule has 1 aliphatic heterocycles. The van der Waals surface area contributed by atoms with Crippen molar-refractivity contribution < 1.29 is 26.4 Å². The average molecular weight is 568 g/mol. The van der Waals surface area contributed by atoms with Crippen molar-refractivity contribution in [2.45, 2.75) is 24.9 Å². The van der Waals surface area contributed by atoms with Crippen molar-refractivity contribution in [3.63, 3.8) is 0 Å². The maximum Gasteiger partial charge on any atom is 0.434 e. The van der Waals surface area contributed by atoms with E-state index in [0.717, 1.165) is 18.0 Å². The van der Waals surface area contributed by atoms with Gasteiger partial charge in [0.25, 0.3) is 0 Å². The number of anilines is 1. The van der Waals surface area contributed by atoms with Crippen LogP contribution in [-0.2, 0) is 16.0 Å². The summed E-state index contributed by atoms with van der Waals surface area (Å²) in [5.41, 5.74) is 8.92. The molecule has 2 heterocycles. The zero-order valence-corrected chi connectivity index (χ0v) is 22.4. The van der Waals surface area contributed by atoms with E-state index in [-0.39, 0.29) is 16.5 Å². The maximum atomic E-state index is 13.5. The van der Waals surface area contributed by atoms with Crippen LogP contribution < -0.4 is 16.0 Å². The molecule has 0 unspecified atom stereocenters. The third-order valence-corrected chi connectivity index (χ3v) is 7.57. The first-order valence-electron chi connectivity index (χ1n) is 12.0. The van der Waals surface area contributed by atoms with Crippen LogP contribution in [0, 0.1) is 6.92 Å². The lowest BCUT2D eigenvalue weighted by Gasteiger charge is -2.25. The van der Waals surface area contributed by atoms with Gasteiger partial charge in [0.1, 0.15) is 5.82 Å². The largest absolute Gasteiger partial charge is 0.434 e. The lowest BCUT2D eigenvalue weighted by atomic mass is 10.0. The molecule has 1 aromatic heterocycles. The highest BCUT2D eigenvalue weighted by molar-refractivity contribution is 7.90. The number of imidazole rings is 1. The number of nitrogens with one attached hydrogen (secondary N) is 2. The lowest BCUT2D eigenvalue weighted by molar-refractivity contribution is -0.141. The third kappa shape index (κ3) is 5.23. The minimum absolute atomic E-state index is 0.0811. The standard InChI is InChI=1S/C28H24F3N5O3S/c1-17(37)19-7-9-20(10-8-19)26-15-32-34-36(26)25-14-22(21-5-4-6-23(13-21)40(3,38)39)11-12-24(25)35-16-27(28(29,30)31)33-18(35)2/h4-16,32,34H,1-3H3. The molecule has 3 aromatic carbocycles. The fraction of sp³-hybridized carbons (Fsp3) is 0.143. The number of halogens is 3. The highest BCUT2D eigenvalue weighted by Crippen LogP contribution is 2.37. The summed E-state index contributed by atoms with van der Waals surface area (Å²) in [6.07, 6.45) is -0.883. The van der Waals surface area contributed by atoms with Crippen LogP contribution in [0.1, 0.15) is 34.4 Å². The molecule has 0 spiro atoms. The summed E-state index contributed by atoms with van der Waals surface area (Å²) in [6.45, 7) is 2.95. The van der Waals surface area contributed by atoms with Crippen LogP contribution in [0.4, 0.5) is 18.9 Å². The molecule has 0 radical (unpaired) electrons. The number of aromatic nitrogens is 2. The Morgan fingerprint density at radius 2 is 1.60 bits per heavy atom. The quantitative estimate of drug-likeness (QED) is 0.305. The minimum atomic E-state index is -4.63. The smallest absolute Gasteiger partial charge is 0.309 e. The molecule has 40 heavy (non-hydrogen) atoms. The summed E-state index contributed by atoms with van der Waals surface area (Å²) < 4.78 is 66.2. The summed E-state index contributed by atoms with van der Waals surface area (Å²) in [7, 11) is -3.47. The molecule has 0 fully saturated rings. The number of Topliss-reactive ketones (excluding diaryl/α,β-unsaturated/α-hetero) is 1. The number of hydrogen-bond acceptors (Lipinski definition) is 7. The fourth-order valence-corrected chi connectivity index (χ4v) is 5.08. The summed E-state index contributed by atoms with van der Waals surface area (Å²) in [5.74, 6) is 0.0475. The molecule has 206 valence electrons. The van der Waals surface area contributed by atoms with E-state index in [1.165, 1.54) is 24.5 Å². The van der Waals surface area contributed by atoms with Crippen LogP contribution in [0.5, 0.6) is 0 Å². The van der Waals surface area contributed by atoms with E-state index >= 15 is 0 Å². The number of sulfone groups is 1. The van der Waals surface area contributed by atoms with Crippen molar-refractivity contribution >= 4 is 27.0 Å². The van der Waals surface area contributed by atoms with Gasteiger partial charge in [-0.05, 0) is 49.2 Å². The van der Waals surface area contributed by atoms with Crippen LogP contribution in [0.25, 0.3) is 22.5 Å². The van der Waals surface area contributed by atoms with Crippen LogP contribution in [-0.4, -0.2) is 30.0 Å². The second-order valence-electron chi connectivity index (χ2n) is 9.30. The SMILES string of the molecule is CC(=O)c1ccc(C2=CNNN2c2cc(-c3cccc(S(C)(=O)=O)c3)ccc2-n2cc(C(F)(F)F)nc2C)cc1. The molecule has 0 aliphatic carbocycles. The summed E-state index contributed by atoms with van der Waals surface area (Å²) >= 11 is 0. The molecule has 4 aromatic rings. The van der Waals surface area contributed by atoms with E-state index in [1.54, 1.807) is 71.9 Å². The second kappa shape index (κ2) is 9.96. The Kier molecular flexibility index (Phi) is 6.76.